The third-order valence-electron chi connectivity index (χ3n) is 14.9. The number of nitrogens with one attached hydrogen (secondary N) is 4. The van der Waals surface area contributed by atoms with Gasteiger partial charge in [0.25, 0.3) is 0 Å². The minimum atomic E-state index is 0. The summed E-state index contributed by atoms with van der Waals surface area (Å²) >= 11 is 0. The van der Waals surface area contributed by atoms with E-state index >= 15 is 0 Å². The quantitative estimate of drug-likeness (QED) is 0.117. The first-order chi connectivity index (χ1) is 37.7. The van der Waals surface area contributed by atoms with Crippen LogP contribution in [0.4, 0.5) is 0 Å². The van der Waals surface area contributed by atoms with E-state index in [1.54, 1.807) is 0 Å². The van der Waals surface area contributed by atoms with E-state index in [0.717, 1.165) is 144 Å². The number of H-pyrrole nitrogens is 4. The van der Waals surface area contributed by atoms with Crippen molar-refractivity contribution < 1.29 is 21.1 Å². The van der Waals surface area contributed by atoms with Crippen molar-refractivity contribution in [2.24, 2.45) is 0 Å². The molecule has 0 saturated heterocycles. The largest absolute Gasteiger partial charge is 0.354 e. The molecule has 4 aromatic heterocycles. The van der Waals surface area contributed by atoms with E-state index in [1.807, 2.05) is 0 Å². The summed E-state index contributed by atoms with van der Waals surface area (Å²) in [4.78, 5) is 16.9. The SMILES string of the molecule is C1=c2[nH]c(c3ccccc23)=Cc2[nH]c(c(-c3ccccc3)c2-c2ccccc2)C(c2ccccc2)=c2[nH]c(c(-c3ccccc3)c2-c2ccccc2)=C(c2ccccc2)c2[nH]c1c(-c1ccccc1)c2-c1ccccc1.[Pt]. The Balaban J connectivity index is 0.00000566. The van der Waals surface area contributed by atoms with Gasteiger partial charge in [-0.1, -0.05) is 267 Å². The van der Waals surface area contributed by atoms with Crippen LogP contribution in [0, 0.1) is 0 Å². The predicted molar refractivity (Wildman–Crippen MR) is 315 cm³/mol. The van der Waals surface area contributed by atoms with Gasteiger partial charge < -0.3 is 19.9 Å². The van der Waals surface area contributed by atoms with Crippen LogP contribution in [0.5, 0.6) is 0 Å². The predicted octanol–water partition coefficient (Wildman–Crippen LogP) is 14.6. The summed E-state index contributed by atoms with van der Waals surface area (Å²) in [6.07, 6.45) is 4.66. The molecule has 0 unspecified atom stereocenters. The van der Waals surface area contributed by atoms with E-state index in [2.05, 4.69) is 299 Å². The molecule has 368 valence electrons. The molecule has 14 rings (SSSR count). The van der Waals surface area contributed by atoms with Crippen molar-refractivity contribution in [2.45, 2.75) is 0 Å². The van der Waals surface area contributed by atoms with Gasteiger partial charge in [-0.3, -0.25) is 0 Å². The van der Waals surface area contributed by atoms with Gasteiger partial charge in [0.15, 0.2) is 0 Å². The molecule has 13 aromatic rings. The Morgan fingerprint density at radius 1 is 0.208 bits per heavy atom. The molecule has 5 heteroatoms. The summed E-state index contributed by atoms with van der Waals surface area (Å²) in [7, 11) is 0. The molecule has 0 saturated carbocycles. The van der Waals surface area contributed by atoms with Crippen LogP contribution in [0.15, 0.2) is 267 Å². The molecule has 0 fully saturated rings. The fourth-order valence-electron chi connectivity index (χ4n) is 11.7. The first-order valence-electron chi connectivity index (χ1n) is 26.0. The number of aromatic amines is 4. The minimum Gasteiger partial charge on any atom is -0.354 e. The van der Waals surface area contributed by atoms with Crippen molar-refractivity contribution in [3.8, 4) is 66.8 Å². The normalized spacial score (nSPS) is 11.9. The maximum Gasteiger partial charge on any atom is 0.0572 e. The molecule has 0 radical (unpaired) electrons. The van der Waals surface area contributed by atoms with E-state index in [4.69, 9.17) is 0 Å². The first kappa shape index (κ1) is 47.3. The molecule has 77 heavy (non-hydrogen) atoms. The average molecular weight is 1170 g/mol. The Bertz CT molecular complexity index is 4210. The first-order valence-corrected chi connectivity index (χ1v) is 26.0. The van der Waals surface area contributed by atoms with Crippen LogP contribution in [0.3, 0.4) is 0 Å². The molecule has 5 heterocycles. The molecule has 4 N–H and O–H groups in total. The van der Waals surface area contributed by atoms with Gasteiger partial charge in [0.1, 0.15) is 0 Å². The zero-order valence-corrected chi connectivity index (χ0v) is 44.1. The third-order valence-corrected chi connectivity index (χ3v) is 14.9. The summed E-state index contributed by atoms with van der Waals surface area (Å²) in [6.45, 7) is 0. The Labute approximate surface area is 461 Å². The smallest absolute Gasteiger partial charge is 0.0572 e. The van der Waals surface area contributed by atoms with Gasteiger partial charge in [-0.15, -0.1) is 0 Å². The van der Waals surface area contributed by atoms with Crippen molar-refractivity contribution in [2.75, 3.05) is 0 Å². The van der Waals surface area contributed by atoms with Crippen LogP contribution in [-0.4, -0.2) is 19.9 Å². The fourth-order valence-corrected chi connectivity index (χ4v) is 11.7. The van der Waals surface area contributed by atoms with Crippen molar-refractivity contribution in [1.29, 1.82) is 0 Å². The number of benzene rings is 9. The Morgan fingerprint density at radius 2 is 0.455 bits per heavy atom. The van der Waals surface area contributed by atoms with Crippen LogP contribution < -0.4 is 21.4 Å². The molecule has 0 atom stereocenters. The van der Waals surface area contributed by atoms with Crippen LogP contribution in [0.2, 0.25) is 0 Å². The molecule has 0 aliphatic carbocycles. The third kappa shape index (κ3) is 8.41. The molecule has 0 spiro atoms. The second-order valence-electron chi connectivity index (χ2n) is 19.4. The number of hydrogen-bond acceptors (Lipinski definition) is 0. The van der Waals surface area contributed by atoms with E-state index < -0.39 is 0 Å². The number of fused-ring (bicyclic) bond motifs is 11. The average Bonchev–Trinajstić information content (AvgIpc) is 4.44. The second-order valence-corrected chi connectivity index (χ2v) is 19.4. The zero-order chi connectivity index (χ0) is 50.4. The molecular formula is C72H50N4Pt. The molecule has 8 bridgehead atoms. The van der Waals surface area contributed by atoms with Crippen molar-refractivity contribution >= 4 is 34.1 Å². The molecule has 1 aliphatic heterocycles. The van der Waals surface area contributed by atoms with Crippen molar-refractivity contribution in [3.63, 3.8) is 0 Å². The molecule has 0 amide bonds. The van der Waals surface area contributed by atoms with Gasteiger partial charge in [0, 0.05) is 98.5 Å². The van der Waals surface area contributed by atoms with Gasteiger partial charge in [-0.05, 0) is 56.7 Å². The van der Waals surface area contributed by atoms with E-state index in [1.165, 1.54) is 0 Å². The number of rotatable bonds is 8. The summed E-state index contributed by atoms with van der Waals surface area (Å²) in [5.74, 6) is 0. The van der Waals surface area contributed by atoms with Gasteiger partial charge in [0.05, 0.1) is 22.1 Å². The standard InChI is InChI=1S/C72H50N4.Pt/c1-9-27-47(28-10-1)61-59-45-57-55-43-25-26-44-56(55)58(73-57)46-60-62(48-29-11-2-12-30-48)64(50-33-15-4-16-34-50)70(75-60)68(54-41-23-8-24-42-54)72-66(52-37-19-6-20-38-52)65(51-35-17-5-18-36-51)71(76-72)67(53-39-21-7-22-40-53)69(74-59)63(61)49-31-13-3-14-32-49;/h1-46,73-76H;. The van der Waals surface area contributed by atoms with Crippen molar-refractivity contribution in [3.05, 3.63) is 322 Å². The summed E-state index contributed by atoms with van der Waals surface area (Å²) in [5.41, 5.74) is 21.5. The number of aromatic nitrogens is 4. The molecule has 1 aliphatic rings. The van der Waals surface area contributed by atoms with Gasteiger partial charge in [-0.25, -0.2) is 0 Å². The van der Waals surface area contributed by atoms with Gasteiger partial charge in [-0.2, -0.15) is 0 Å². The van der Waals surface area contributed by atoms with Crippen LogP contribution in [0.25, 0.3) is 101 Å². The van der Waals surface area contributed by atoms with Crippen LogP contribution in [-0.2, 0) is 21.1 Å². The molecule has 4 nitrogen and oxygen atoms in total. The van der Waals surface area contributed by atoms with Crippen LogP contribution in [0.1, 0.15) is 33.9 Å². The van der Waals surface area contributed by atoms with Gasteiger partial charge >= 0.3 is 0 Å². The second kappa shape index (κ2) is 20.3. The van der Waals surface area contributed by atoms with E-state index in [0.29, 0.717) is 0 Å². The zero-order valence-electron chi connectivity index (χ0n) is 41.9. The number of hydrogen-bond donors (Lipinski definition) is 4. The van der Waals surface area contributed by atoms with E-state index in [-0.39, 0.29) is 21.1 Å². The summed E-state index contributed by atoms with van der Waals surface area (Å²) in [5, 5.41) is 6.25. The Kier molecular flexibility index (Phi) is 12.5. The molecular weight excluding hydrogens is 1120 g/mol. The van der Waals surface area contributed by atoms with Crippen molar-refractivity contribution in [1.82, 2.24) is 19.9 Å². The summed E-state index contributed by atoms with van der Waals surface area (Å²) in [6, 6.07) is 96.1. The molecule has 9 aromatic carbocycles. The summed E-state index contributed by atoms with van der Waals surface area (Å²) < 4.78 is 0. The van der Waals surface area contributed by atoms with Gasteiger partial charge in [0.2, 0.25) is 0 Å². The fraction of sp³-hybridized carbons (Fsp3) is 0. The maximum atomic E-state index is 4.39. The van der Waals surface area contributed by atoms with E-state index in [9.17, 15) is 0 Å². The minimum absolute atomic E-state index is 0. The maximum absolute atomic E-state index is 4.39. The monoisotopic (exact) mass is 1170 g/mol. The Morgan fingerprint density at radius 3 is 0.753 bits per heavy atom. The Hall–Kier alpha value is -9.47. The topological polar surface area (TPSA) is 63.2 Å². The van der Waals surface area contributed by atoms with Crippen LogP contribution >= 0.6 is 0 Å².